The first kappa shape index (κ1) is 15.1. The van der Waals surface area contributed by atoms with Crippen molar-refractivity contribution in [3.8, 4) is 0 Å². The summed E-state index contributed by atoms with van der Waals surface area (Å²) >= 11 is 0. The van der Waals surface area contributed by atoms with Crippen LogP contribution in [-0.2, 0) is 11.3 Å². The van der Waals surface area contributed by atoms with Gasteiger partial charge in [-0.1, -0.05) is 0 Å². The summed E-state index contributed by atoms with van der Waals surface area (Å²) in [6.07, 6.45) is 2.97. The van der Waals surface area contributed by atoms with E-state index < -0.39 is 5.97 Å². The number of nitrogens with zero attached hydrogens (tertiary/aromatic N) is 1. The molecule has 106 valence electrons. The second-order valence-electron chi connectivity index (χ2n) is 4.44. The van der Waals surface area contributed by atoms with E-state index in [0.717, 1.165) is 11.3 Å². The molecule has 0 saturated carbocycles. The monoisotopic (exact) mass is 268 g/mol. The second-order valence-corrected chi connectivity index (χ2v) is 4.44. The molecule has 0 aliphatic carbocycles. The second kappa shape index (κ2) is 7.45. The molecule has 0 fully saturated rings. The van der Waals surface area contributed by atoms with E-state index in [1.807, 2.05) is 13.0 Å². The average molecular weight is 268 g/mol. The van der Waals surface area contributed by atoms with Crippen molar-refractivity contribution in [3.05, 3.63) is 23.7 Å². The van der Waals surface area contributed by atoms with E-state index in [4.69, 9.17) is 9.52 Å². The Balaban J connectivity index is 2.22. The maximum atomic E-state index is 11.7. The molecule has 1 heterocycles. The van der Waals surface area contributed by atoms with Crippen LogP contribution >= 0.6 is 0 Å². The molecule has 0 aliphatic heterocycles. The van der Waals surface area contributed by atoms with Gasteiger partial charge in [0.2, 0.25) is 0 Å². The minimum absolute atomic E-state index is 0.139. The zero-order valence-electron chi connectivity index (χ0n) is 11.3. The molecule has 2 amide bonds. The lowest BCUT2D eigenvalue weighted by molar-refractivity contribution is -0.137. The first-order valence-electron chi connectivity index (χ1n) is 6.24. The standard InChI is InChI=1S/C13H20N2O4/c1-10-11(6-8-19-10)9-15(2)13(18)14-7-4-3-5-12(16)17/h6,8H,3-5,7,9H2,1-2H3,(H,14,18)(H,16,17). The average Bonchev–Trinajstić information content (AvgIpc) is 2.74. The van der Waals surface area contributed by atoms with E-state index in [9.17, 15) is 9.59 Å². The number of amides is 2. The van der Waals surface area contributed by atoms with Gasteiger partial charge in [-0.05, 0) is 25.8 Å². The predicted octanol–water partition coefficient (Wildman–Crippen LogP) is 1.98. The summed E-state index contributed by atoms with van der Waals surface area (Å²) in [5, 5.41) is 11.2. The number of carboxylic acids is 1. The summed E-state index contributed by atoms with van der Waals surface area (Å²) in [6.45, 7) is 2.83. The molecule has 2 N–H and O–H groups in total. The molecule has 0 aliphatic rings. The lowest BCUT2D eigenvalue weighted by Gasteiger charge is -2.17. The van der Waals surface area contributed by atoms with Gasteiger partial charge < -0.3 is 19.7 Å². The Labute approximate surface area is 112 Å². The molecule has 0 saturated heterocycles. The first-order valence-corrected chi connectivity index (χ1v) is 6.24. The van der Waals surface area contributed by atoms with Crippen molar-refractivity contribution in [2.24, 2.45) is 0 Å². The van der Waals surface area contributed by atoms with Gasteiger partial charge >= 0.3 is 12.0 Å². The zero-order chi connectivity index (χ0) is 14.3. The molecular weight excluding hydrogens is 248 g/mol. The Bertz CT molecular complexity index is 428. The van der Waals surface area contributed by atoms with E-state index >= 15 is 0 Å². The molecular formula is C13H20N2O4. The van der Waals surface area contributed by atoms with Crippen molar-refractivity contribution in [1.29, 1.82) is 0 Å². The van der Waals surface area contributed by atoms with Gasteiger partial charge in [0, 0.05) is 25.6 Å². The highest BCUT2D eigenvalue weighted by Gasteiger charge is 2.10. The molecule has 0 spiro atoms. The van der Waals surface area contributed by atoms with Crippen LogP contribution in [0.25, 0.3) is 0 Å². The number of rotatable bonds is 7. The van der Waals surface area contributed by atoms with Gasteiger partial charge in [0.15, 0.2) is 0 Å². The Morgan fingerprint density at radius 1 is 1.42 bits per heavy atom. The summed E-state index contributed by atoms with van der Waals surface area (Å²) in [4.78, 5) is 23.6. The normalized spacial score (nSPS) is 10.2. The van der Waals surface area contributed by atoms with Crippen molar-refractivity contribution < 1.29 is 19.1 Å². The van der Waals surface area contributed by atoms with E-state index in [0.29, 0.717) is 25.9 Å². The summed E-state index contributed by atoms with van der Waals surface area (Å²) in [7, 11) is 1.71. The lowest BCUT2D eigenvalue weighted by atomic mass is 10.2. The minimum Gasteiger partial charge on any atom is -0.481 e. The van der Waals surface area contributed by atoms with Crippen molar-refractivity contribution in [2.45, 2.75) is 32.7 Å². The van der Waals surface area contributed by atoms with Crippen LogP contribution in [0.2, 0.25) is 0 Å². The van der Waals surface area contributed by atoms with Crippen LogP contribution in [0.4, 0.5) is 4.79 Å². The van der Waals surface area contributed by atoms with E-state index in [-0.39, 0.29) is 12.5 Å². The summed E-state index contributed by atoms with van der Waals surface area (Å²) in [5.74, 6) is -0.0000132. The van der Waals surface area contributed by atoms with Crippen LogP contribution in [0.15, 0.2) is 16.7 Å². The van der Waals surface area contributed by atoms with Gasteiger partial charge in [0.05, 0.1) is 12.8 Å². The summed E-state index contributed by atoms with van der Waals surface area (Å²) in [6, 6.07) is 1.67. The number of urea groups is 1. The number of nitrogens with one attached hydrogen (secondary N) is 1. The SMILES string of the molecule is Cc1occc1CN(C)C(=O)NCCCCC(=O)O. The quantitative estimate of drug-likeness (QED) is 0.741. The number of hydrogen-bond acceptors (Lipinski definition) is 3. The minimum atomic E-state index is -0.807. The van der Waals surface area contributed by atoms with Crippen molar-refractivity contribution in [3.63, 3.8) is 0 Å². The molecule has 0 radical (unpaired) electrons. The maximum absolute atomic E-state index is 11.7. The molecule has 0 bridgehead atoms. The predicted molar refractivity (Wildman–Crippen MR) is 69.8 cm³/mol. The highest BCUT2D eigenvalue weighted by molar-refractivity contribution is 5.73. The van der Waals surface area contributed by atoms with Gasteiger partial charge in [0.1, 0.15) is 5.76 Å². The fourth-order valence-corrected chi connectivity index (χ4v) is 1.63. The Morgan fingerprint density at radius 2 is 2.16 bits per heavy atom. The van der Waals surface area contributed by atoms with Gasteiger partial charge in [-0.3, -0.25) is 4.79 Å². The van der Waals surface area contributed by atoms with Gasteiger partial charge in [-0.25, -0.2) is 4.79 Å². The number of carbonyl (C=O) groups excluding carboxylic acids is 1. The molecule has 0 atom stereocenters. The lowest BCUT2D eigenvalue weighted by Crippen LogP contribution is -2.37. The van der Waals surface area contributed by atoms with Gasteiger partial charge in [0.25, 0.3) is 0 Å². The number of carbonyl (C=O) groups is 2. The molecule has 1 rings (SSSR count). The smallest absolute Gasteiger partial charge is 0.317 e. The number of aryl methyl sites for hydroxylation is 1. The number of unbranched alkanes of at least 4 members (excludes halogenated alkanes) is 1. The van der Waals surface area contributed by atoms with Crippen LogP contribution in [0.3, 0.4) is 0 Å². The molecule has 6 heteroatoms. The van der Waals surface area contributed by atoms with Crippen LogP contribution in [0.5, 0.6) is 0 Å². The highest BCUT2D eigenvalue weighted by atomic mass is 16.4. The number of furan rings is 1. The summed E-state index contributed by atoms with van der Waals surface area (Å²) in [5.41, 5.74) is 0.975. The van der Waals surface area contributed by atoms with E-state index in [1.54, 1.807) is 18.2 Å². The van der Waals surface area contributed by atoms with Gasteiger partial charge in [-0.2, -0.15) is 0 Å². The third-order valence-corrected chi connectivity index (χ3v) is 2.81. The largest absolute Gasteiger partial charge is 0.481 e. The molecule has 19 heavy (non-hydrogen) atoms. The number of hydrogen-bond donors (Lipinski definition) is 2. The Morgan fingerprint density at radius 3 is 2.74 bits per heavy atom. The molecule has 6 nitrogen and oxygen atoms in total. The zero-order valence-corrected chi connectivity index (χ0v) is 11.3. The third kappa shape index (κ3) is 5.46. The number of carboxylic acid groups (broad SMARTS) is 1. The fraction of sp³-hybridized carbons (Fsp3) is 0.538. The summed E-state index contributed by atoms with van der Waals surface area (Å²) < 4.78 is 5.17. The van der Waals surface area contributed by atoms with Crippen LogP contribution in [0, 0.1) is 6.92 Å². The third-order valence-electron chi connectivity index (χ3n) is 2.81. The van der Waals surface area contributed by atoms with Crippen molar-refractivity contribution in [2.75, 3.05) is 13.6 Å². The Kier molecular flexibility index (Phi) is 5.92. The molecule has 0 unspecified atom stereocenters. The topological polar surface area (TPSA) is 82.8 Å². The van der Waals surface area contributed by atoms with Crippen LogP contribution in [-0.4, -0.2) is 35.6 Å². The first-order chi connectivity index (χ1) is 9.00. The van der Waals surface area contributed by atoms with Crippen molar-refractivity contribution in [1.82, 2.24) is 10.2 Å². The molecule has 1 aromatic heterocycles. The fourth-order valence-electron chi connectivity index (χ4n) is 1.63. The maximum Gasteiger partial charge on any atom is 0.317 e. The molecule has 0 aromatic carbocycles. The van der Waals surface area contributed by atoms with Gasteiger partial charge in [-0.15, -0.1) is 0 Å². The van der Waals surface area contributed by atoms with Crippen LogP contribution < -0.4 is 5.32 Å². The number of aliphatic carboxylic acids is 1. The van der Waals surface area contributed by atoms with E-state index in [2.05, 4.69) is 5.32 Å². The van der Waals surface area contributed by atoms with Crippen molar-refractivity contribution >= 4 is 12.0 Å². The van der Waals surface area contributed by atoms with Crippen LogP contribution in [0.1, 0.15) is 30.6 Å². The highest BCUT2D eigenvalue weighted by Crippen LogP contribution is 2.10. The Hall–Kier alpha value is -1.98. The van der Waals surface area contributed by atoms with E-state index in [1.165, 1.54) is 0 Å². The molecule has 1 aromatic rings.